The fourth-order valence-corrected chi connectivity index (χ4v) is 3.95. The smallest absolute Gasteiger partial charge is 0.466 e. The Bertz CT molecular complexity index is 1340. The molecule has 14 nitrogen and oxygen atoms in total. The van der Waals surface area contributed by atoms with Gasteiger partial charge in [0, 0.05) is 110 Å². The van der Waals surface area contributed by atoms with Crippen molar-refractivity contribution in [3.8, 4) is 0 Å². The molecule has 0 aliphatic rings. The maximum Gasteiger partial charge on any atom is 0.466 e. The van der Waals surface area contributed by atoms with Gasteiger partial charge in [-0.25, -0.2) is 20.4 Å². The summed E-state index contributed by atoms with van der Waals surface area (Å²) in [6, 6.07) is 15.4. The van der Waals surface area contributed by atoms with Crippen molar-refractivity contribution in [1.82, 2.24) is 48.7 Å². The molecule has 0 aliphatic heterocycles. The predicted octanol–water partition coefficient (Wildman–Crippen LogP) is 6.72. The van der Waals surface area contributed by atoms with Crippen molar-refractivity contribution in [2.24, 2.45) is 0 Å². The molecular weight excluding hydrogens is 958 g/mol. The van der Waals surface area contributed by atoms with Crippen molar-refractivity contribution in [2.75, 3.05) is 54.0 Å². The van der Waals surface area contributed by atoms with E-state index in [1.54, 1.807) is 49.6 Å². The summed E-state index contributed by atoms with van der Waals surface area (Å²) < 4.78 is 7.25. The van der Waals surface area contributed by atoms with Crippen LogP contribution in [0.4, 0.5) is 11.4 Å². The molecule has 6 aromatic rings. The largest absolute Gasteiger partial charge is 2.00 e. The molecule has 0 unspecified atom stereocenters. The Labute approximate surface area is 342 Å². The number of halogens is 6. The van der Waals surface area contributed by atoms with Gasteiger partial charge in [-0.15, -0.1) is 69.6 Å². The fourth-order valence-electron chi connectivity index (χ4n) is 3.95. The third kappa shape index (κ3) is 17.9. The first-order chi connectivity index (χ1) is 23.3. The summed E-state index contributed by atoms with van der Waals surface area (Å²) in [6.45, 7) is -1.83. The zero-order chi connectivity index (χ0) is 35.6. The molecule has 22 heteroatoms. The predicted molar refractivity (Wildman–Crippen MR) is 204 cm³/mol. The molecule has 0 spiro atoms. The number of hydrogen-bond acceptors (Lipinski definition) is 8. The SMILES string of the molecule is CN(C)c1ccncc1.CN(C)c1ccncc1.ClCCl.ClCCl.ClCCl.[O-2].[O-2].[Re].c1cnn([B-](n2cccn2)(n2cccn2)n2cccn2)c1. The van der Waals surface area contributed by atoms with Crippen LogP contribution in [0, 0.1) is 0 Å². The normalized spacial score (nSPS) is 9.14. The molecule has 1 radical (unpaired) electrons. The summed E-state index contributed by atoms with van der Waals surface area (Å²) in [5, 5.41) is 18.3. The van der Waals surface area contributed by atoms with Crippen LogP contribution in [-0.2, 0) is 31.4 Å². The molecule has 51 heavy (non-hydrogen) atoms. The zero-order valence-corrected chi connectivity index (χ0v) is 35.3. The van der Waals surface area contributed by atoms with E-state index in [4.69, 9.17) is 69.6 Å². The Morgan fingerprint density at radius 2 is 0.686 bits per heavy atom. The number of pyridine rings is 2. The van der Waals surface area contributed by atoms with Crippen LogP contribution in [0.2, 0.25) is 0 Å². The molecule has 6 heterocycles. The van der Waals surface area contributed by atoms with Gasteiger partial charge in [0.25, 0.3) is 0 Å². The van der Waals surface area contributed by atoms with Gasteiger partial charge >= 0.3 is 6.69 Å². The minimum Gasteiger partial charge on any atom is -2.00 e. The van der Waals surface area contributed by atoms with Gasteiger partial charge in [-0.1, -0.05) is 0 Å². The van der Waals surface area contributed by atoms with Gasteiger partial charge in [0.15, 0.2) is 0 Å². The van der Waals surface area contributed by atoms with Gasteiger partial charge in [0.1, 0.15) is 0 Å². The van der Waals surface area contributed by atoms with Crippen LogP contribution in [0.15, 0.2) is 123 Å². The van der Waals surface area contributed by atoms with Gasteiger partial charge in [0.2, 0.25) is 0 Å². The van der Waals surface area contributed by atoms with Crippen molar-refractivity contribution in [3.63, 3.8) is 0 Å². The monoisotopic (exact) mass is 994 g/mol. The van der Waals surface area contributed by atoms with Crippen LogP contribution in [0.3, 0.4) is 0 Å². The van der Waals surface area contributed by atoms with Crippen molar-refractivity contribution in [1.29, 1.82) is 0 Å². The van der Waals surface area contributed by atoms with Crippen LogP contribution >= 0.6 is 69.6 Å². The number of anilines is 2. The molecule has 0 aliphatic carbocycles. The Morgan fingerprint density at radius 3 is 0.824 bits per heavy atom. The van der Waals surface area contributed by atoms with Gasteiger partial charge in [-0.05, 0) is 73.3 Å². The van der Waals surface area contributed by atoms with E-state index in [1.165, 1.54) is 11.4 Å². The first-order valence-electron chi connectivity index (χ1n) is 13.9. The van der Waals surface area contributed by atoms with E-state index >= 15 is 0 Å². The molecule has 0 amide bonds. The summed E-state index contributed by atoms with van der Waals surface area (Å²) in [5.74, 6) is 0. The van der Waals surface area contributed by atoms with Crippen LogP contribution in [-0.4, -0.2) is 99.6 Å². The van der Waals surface area contributed by atoms with E-state index in [0.29, 0.717) is 0 Å². The minimum absolute atomic E-state index is 0. The number of hydrogen-bond donors (Lipinski definition) is 0. The molecule has 0 bridgehead atoms. The summed E-state index contributed by atoms with van der Waals surface area (Å²) in [4.78, 5) is 11.9. The summed E-state index contributed by atoms with van der Waals surface area (Å²) in [7, 11) is 8.04. The van der Waals surface area contributed by atoms with Crippen molar-refractivity contribution in [2.45, 2.75) is 0 Å². The van der Waals surface area contributed by atoms with E-state index in [1.807, 2.05) is 130 Å². The number of nitrogens with zero attached hydrogens (tertiary/aromatic N) is 12. The number of aromatic nitrogens is 10. The molecule has 0 saturated heterocycles. The molecule has 0 fully saturated rings. The van der Waals surface area contributed by atoms with Gasteiger partial charge in [-0.2, -0.15) is 0 Å². The zero-order valence-electron chi connectivity index (χ0n) is 28.1. The molecule has 0 N–H and O–H groups in total. The molecule has 0 aromatic carbocycles. The second kappa shape index (κ2) is 31.8. The van der Waals surface area contributed by atoms with Gasteiger partial charge in [-0.3, -0.25) is 9.97 Å². The van der Waals surface area contributed by atoms with Crippen molar-refractivity contribution < 1.29 is 31.4 Å². The topological polar surface area (TPSA) is 161 Å². The van der Waals surface area contributed by atoms with Crippen molar-refractivity contribution in [3.05, 3.63) is 123 Å². The standard InChI is InChI=1S/C12H12BN8.2C7H10N2.3CH2Cl2.2O.Re/c1-5-14-18(9-1)13(19-10-2-6-15-19,20-11-3-7-16-20)21-12-4-8-17-21;2*1-9(2)7-3-5-8-6-4-7;3*2-1-3;;;/h1-12H;2*3-6H,1-2H3;3*1H2;;;/q-1;;;;;;2*-2;. The number of alkyl halides is 6. The maximum absolute atomic E-state index is 4.76. The molecule has 6 rings (SSSR count). The molecule has 0 saturated carbocycles. The fraction of sp³-hybridized carbons (Fsp3) is 0.241. The Kier molecular flexibility index (Phi) is 32.8. The van der Waals surface area contributed by atoms with E-state index in [0.717, 1.165) is 0 Å². The van der Waals surface area contributed by atoms with Crippen LogP contribution in [0.5, 0.6) is 0 Å². The van der Waals surface area contributed by atoms with Gasteiger partial charge < -0.3 is 39.1 Å². The molecule has 0 atom stereocenters. The van der Waals surface area contributed by atoms with Crippen LogP contribution in [0.25, 0.3) is 0 Å². The quantitative estimate of drug-likeness (QED) is 0.131. The Hall–Kier alpha value is -2.87. The maximum atomic E-state index is 4.76. The Morgan fingerprint density at radius 1 is 0.471 bits per heavy atom. The first kappa shape index (κ1) is 52.5. The number of rotatable bonds is 6. The van der Waals surface area contributed by atoms with E-state index < -0.39 is 6.69 Å². The van der Waals surface area contributed by atoms with E-state index in [2.05, 4.69) is 30.4 Å². The average Bonchev–Trinajstić information content (AvgIpc) is 3.94. The third-order valence-corrected chi connectivity index (χ3v) is 5.88. The first-order valence-corrected chi connectivity index (χ1v) is 17.1. The molecular formula is C29H38BCl6N12O2Re-5. The van der Waals surface area contributed by atoms with Crippen LogP contribution in [0.1, 0.15) is 0 Å². The second-order valence-electron chi connectivity index (χ2n) is 9.14. The van der Waals surface area contributed by atoms with Crippen molar-refractivity contribution >= 4 is 87.7 Å². The third-order valence-electron chi connectivity index (χ3n) is 5.88. The summed E-state index contributed by atoms with van der Waals surface area (Å²) in [5.41, 5.74) is 2.37. The van der Waals surface area contributed by atoms with Crippen LogP contribution < -0.4 is 9.80 Å². The second-order valence-corrected chi connectivity index (χ2v) is 11.6. The van der Waals surface area contributed by atoms with E-state index in [-0.39, 0.29) is 47.4 Å². The van der Waals surface area contributed by atoms with Gasteiger partial charge in [0.05, 0.1) is 16.0 Å². The average molecular weight is 996 g/mol. The van der Waals surface area contributed by atoms with E-state index in [9.17, 15) is 0 Å². The molecule has 6 aromatic heterocycles. The minimum atomic E-state index is -1.83. The summed E-state index contributed by atoms with van der Waals surface area (Å²) >= 11 is 28.6. The Balaban J connectivity index is -0.000000650. The summed E-state index contributed by atoms with van der Waals surface area (Å²) in [6.07, 6.45) is 21.6. The molecule has 283 valence electrons.